The van der Waals surface area contributed by atoms with Crippen LogP contribution in [0.3, 0.4) is 0 Å². The molecule has 5 heteroatoms. The predicted molar refractivity (Wildman–Crippen MR) is 76.3 cm³/mol. The van der Waals surface area contributed by atoms with E-state index in [9.17, 15) is 14.7 Å². The summed E-state index contributed by atoms with van der Waals surface area (Å²) in [5.74, 6) is -0.0643. The van der Waals surface area contributed by atoms with Crippen LogP contribution in [0, 0.1) is 0 Å². The minimum absolute atomic E-state index is 0.0267. The van der Waals surface area contributed by atoms with E-state index in [1.54, 1.807) is 17.0 Å². The average molecular weight is 276 g/mol. The van der Waals surface area contributed by atoms with Gasteiger partial charge in [0, 0.05) is 19.2 Å². The molecule has 2 amide bonds. The first-order chi connectivity index (χ1) is 9.60. The number of anilines is 1. The summed E-state index contributed by atoms with van der Waals surface area (Å²) in [5, 5.41) is 11.9. The molecule has 108 valence electrons. The standard InChI is InChI=1S/C15H20N2O3/c1-11(19)16-13-6-4-12(5-7-13)9-15(20)17-8-2-3-14(17)10-18/h4-7,14,18H,2-3,8-10H2,1H3,(H,16,19)/t14-/m0/s1. The van der Waals surface area contributed by atoms with Crippen LogP contribution in [0.25, 0.3) is 0 Å². The van der Waals surface area contributed by atoms with Gasteiger partial charge < -0.3 is 15.3 Å². The minimum atomic E-state index is -0.114. The summed E-state index contributed by atoms with van der Waals surface area (Å²) in [6.45, 7) is 2.22. The fourth-order valence-corrected chi connectivity index (χ4v) is 2.54. The number of aliphatic hydroxyl groups excluding tert-OH is 1. The topological polar surface area (TPSA) is 69.6 Å². The summed E-state index contributed by atoms with van der Waals surface area (Å²) in [5.41, 5.74) is 1.63. The number of hydrogen-bond acceptors (Lipinski definition) is 3. The van der Waals surface area contributed by atoms with Gasteiger partial charge in [-0.15, -0.1) is 0 Å². The Morgan fingerprint density at radius 3 is 2.65 bits per heavy atom. The van der Waals surface area contributed by atoms with Crippen molar-refractivity contribution in [3.63, 3.8) is 0 Å². The minimum Gasteiger partial charge on any atom is -0.394 e. The summed E-state index contributed by atoms with van der Waals surface area (Å²) in [7, 11) is 0. The van der Waals surface area contributed by atoms with E-state index in [4.69, 9.17) is 0 Å². The van der Waals surface area contributed by atoms with E-state index < -0.39 is 0 Å². The van der Waals surface area contributed by atoms with E-state index in [0.717, 1.165) is 30.6 Å². The molecule has 1 aliphatic heterocycles. The molecule has 1 aromatic rings. The molecule has 1 heterocycles. The number of nitrogens with zero attached hydrogens (tertiary/aromatic N) is 1. The molecule has 0 saturated carbocycles. The first-order valence-corrected chi connectivity index (χ1v) is 6.87. The van der Waals surface area contributed by atoms with E-state index in [-0.39, 0.29) is 24.5 Å². The first-order valence-electron chi connectivity index (χ1n) is 6.87. The molecule has 1 aliphatic rings. The molecule has 20 heavy (non-hydrogen) atoms. The fourth-order valence-electron chi connectivity index (χ4n) is 2.54. The van der Waals surface area contributed by atoms with Gasteiger partial charge in [-0.3, -0.25) is 9.59 Å². The zero-order valence-electron chi connectivity index (χ0n) is 11.6. The lowest BCUT2D eigenvalue weighted by Gasteiger charge is -2.23. The highest BCUT2D eigenvalue weighted by Gasteiger charge is 2.27. The van der Waals surface area contributed by atoms with Gasteiger partial charge in [-0.25, -0.2) is 0 Å². The van der Waals surface area contributed by atoms with Gasteiger partial charge in [0.15, 0.2) is 0 Å². The number of aliphatic hydroxyl groups is 1. The molecule has 1 fully saturated rings. The van der Waals surface area contributed by atoms with Gasteiger partial charge in [0.1, 0.15) is 0 Å². The van der Waals surface area contributed by atoms with Crippen molar-refractivity contribution in [3.05, 3.63) is 29.8 Å². The Bertz CT molecular complexity index is 484. The van der Waals surface area contributed by atoms with Crippen LogP contribution in [-0.4, -0.2) is 41.0 Å². The molecule has 2 N–H and O–H groups in total. The summed E-state index contributed by atoms with van der Waals surface area (Å²) in [6.07, 6.45) is 2.17. The van der Waals surface area contributed by atoms with Crippen LogP contribution >= 0.6 is 0 Å². The van der Waals surface area contributed by atoms with E-state index >= 15 is 0 Å². The van der Waals surface area contributed by atoms with Gasteiger partial charge in [-0.05, 0) is 30.5 Å². The third kappa shape index (κ3) is 3.57. The smallest absolute Gasteiger partial charge is 0.227 e. The van der Waals surface area contributed by atoms with Crippen LogP contribution in [0.1, 0.15) is 25.3 Å². The Hall–Kier alpha value is -1.88. The van der Waals surface area contributed by atoms with Crippen molar-refractivity contribution in [3.8, 4) is 0 Å². The van der Waals surface area contributed by atoms with Crippen LogP contribution in [0.15, 0.2) is 24.3 Å². The van der Waals surface area contributed by atoms with Crippen molar-refractivity contribution >= 4 is 17.5 Å². The van der Waals surface area contributed by atoms with Gasteiger partial charge in [-0.1, -0.05) is 12.1 Å². The fraction of sp³-hybridized carbons (Fsp3) is 0.467. The lowest BCUT2D eigenvalue weighted by atomic mass is 10.1. The van der Waals surface area contributed by atoms with Crippen LogP contribution in [0.4, 0.5) is 5.69 Å². The quantitative estimate of drug-likeness (QED) is 0.867. The van der Waals surface area contributed by atoms with Crippen molar-refractivity contribution in [2.75, 3.05) is 18.5 Å². The normalized spacial score (nSPS) is 18.1. The highest BCUT2D eigenvalue weighted by atomic mass is 16.3. The molecular formula is C15H20N2O3. The van der Waals surface area contributed by atoms with E-state index in [2.05, 4.69) is 5.32 Å². The molecule has 1 saturated heterocycles. The summed E-state index contributed by atoms with van der Waals surface area (Å²) in [4.78, 5) is 24.9. The van der Waals surface area contributed by atoms with Crippen molar-refractivity contribution in [1.29, 1.82) is 0 Å². The summed E-state index contributed by atoms with van der Waals surface area (Å²) < 4.78 is 0. The first kappa shape index (κ1) is 14.5. The van der Waals surface area contributed by atoms with Crippen molar-refractivity contribution < 1.29 is 14.7 Å². The molecule has 0 aromatic heterocycles. The van der Waals surface area contributed by atoms with Crippen LogP contribution in [-0.2, 0) is 16.0 Å². The molecule has 1 aromatic carbocycles. The largest absolute Gasteiger partial charge is 0.394 e. The average Bonchev–Trinajstić information content (AvgIpc) is 2.89. The lowest BCUT2D eigenvalue weighted by Crippen LogP contribution is -2.38. The van der Waals surface area contributed by atoms with Gasteiger partial charge in [0.25, 0.3) is 0 Å². The number of amides is 2. The molecular weight excluding hydrogens is 256 g/mol. The zero-order valence-corrected chi connectivity index (χ0v) is 11.6. The maximum absolute atomic E-state index is 12.2. The van der Waals surface area contributed by atoms with Gasteiger partial charge in [0.05, 0.1) is 19.1 Å². The van der Waals surface area contributed by atoms with Gasteiger partial charge in [-0.2, -0.15) is 0 Å². The van der Waals surface area contributed by atoms with E-state index in [1.807, 2.05) is 12.1 Å². The number of nitrogens with one attached hydrogen (secondary N) is 1. The molecule has 0 bridgehead atoms. The second-order valence-electron chi connectivity index (χ2n) is 5.12. The highest BCUT2D eigenvalue weighted by molar-refractivity contribution is 5.88. The van der Waals surface area contributed by atoms with Crippen LogP contribution < -0.4 is 5.32 Å². The maximum atomic E-state index is 12.2. The molecule has 2 rings (SSSR count). The highest BCUT2D eigenvalue weighted by Crippen LogP contribution is 2.18. The Morgan fingerprint density at radius 1 is 1.35 bits per heavy atom. The molecule has 0 spiro atoms. The SMILES string of the molecule is CC(=O)Nc1ccc(CC(=O)N2CCC[C@H]2CO)cc1. The Labute approximate surface area is 118 Å². The van der Waals surface area contributed by atoms with Crippen molar-refractivity contribution in [2.45, 2.75) is 32.2 Å². The number of carbonyl (C=O) groups excluding carboxylic acids is 2. The third-order valence-electron chi connectivity index (χ3n) is 3.54. The Kier molecular flexibility index (Phi) is 4.74. The van der Waals surface area contributed by atoms with Crippen molar-refractivity contribution in [1.82, 2.24) is 4.90 Å². The Morgan fingerprint density at radius 2 is 2.05 bits per heavy atom. The number of rotatable bonds is 4. The lowest BCUT2D eigenvalue weighted by molar-refractivity contribution is -0.132. The molecule has 5 nitrogen and oxygen atoms in total. The second kappa shape index (κ2) is 6.52. The third-order valence-corrected chi connectivity index (χ3v) is 3.54. The van der Waals surface area contributed by atoms with Gasteiger partial charge >= 0.3 is 0 Å². The van der Waals surface area contributed by atoms with Crippen LogP contribution in [0.5, 0.6) is 0 Å². The number of hydrogen-bond donors (Lipinski definition) is 2. The van der Waals surface area contributed by atoms with Crippen molar-refractivity contribution in [2.24, 2.45) is 0 Å². The monoisotopic (exact) mass is 276 g/mol. The number of likely N-dealkylation sites (tertiary alicyclic amines) is 1. The maximum Gasteiger partial charge on any atom is 0.227 e. The summed E-state index contributed by atoms with van der Waals surface area (Å²) in [6, 6.07) is 7.23. The van der Waals surface area contributed by atoms with Crippen LogP contribution in [0.2, 0.25) is 0 Å². The molecule has 1 atom stereocenters. The number of benzene rings is 1. The van der Waals surface area contributed by atoms with E-state index in [1.165, 1.54) is 6.92 Å². The zero-order chi connectivity index (χ0) is 14.5. The molecule has 0 radical (unpaired) electrons. The van der Waals surface area contributed by atoms with E-state index in [0.29, 0.717) is 6.42 Å². The molecule has 0 unspecified atom stereocenters. The second-order valence-corrected chi connectivity index (χ2v) is 5.12. The number of carbonyl (C=O) groups is 2. The Balaban J connectivity index is 1.95. The summed E-state index contributed by atoms with van der Waals surface area (Å²) >= 11 is 0. The van der Waals surface area contributed by atoms with Gasteiger partial charge in [0.2, 0.25) is 11.8 Å². The molecule has 0 aliphatic carbocycles. The predicted octanol–water partition coefficient (Wildman–Crippen LogP) is 1.17.